The van der Waals surface area contributed by atoms with Gasteiger partial charge in [-0.3, -0.25) is 9.79 Å². The number of rotatable bonds is 4. The topological polar surface area (TPSA) is 69.6 Å². The molecule has 0 saturated heterocycles. The molecule has 0 N–H and O–H groups in total. The molecule has 0 aliphatic carbocycles. The van der Waals surface area contributed by atoms with E-state index in [1.165, 1.54) is 12.1 Å². The average Bonchev–Trinajstić information content (AvgIpc) is 3.18. The van der Waals surface area contributed by atoms with E-state index < -0.39 is 0 Å². The minimum absolute atomic E-state index is 0.100. The minimum Gasteiger partial charge on any atom is -0.459 e. The second-order valence-corrected chi connectivity index (χ2v) is 7.89. The fourth-order valence-corrected chi connectivity index (χ4v) is 3.95. The number of hydrogen-bond donors (Lipinski definition) is 0. The highest BCUT2D eigenvalue weighted by Gasteiger charge is 2.32. The Labute approximate surface area is 174 Å². The van der Waals surface area contributed by atoms with Gasteiger partial charge in [-0.25, -0.2) is 4.39 Å². The van der Waals surface area contributed by atoms with E-state index in [9.17, 15) is 14.4 Å². The lowest BCUT2D eigenvalue weighted by atomic mass is 9.97. The quantitative estimate of drug-likeness (QED) is 0.640. The van der Waals surface area contributed by atoms with E-state index in [1.807, 2.05) is 19.9 Å². The van der Waals surface area contributed by atoms with Gasteiger partial charge in [-0.15, -0.1) is 0 Å². The van der Waals surface area contributed by atoms with Gasteiger partial charge >= 0.3 is 0 Å². The Bertz CT molecular complexity index is 1250. The molecule has 1 unspecified atom stereocenters. The summed E-state index contributed by atoms with van der Waals surface area (Å²) in [4.78, 5) is 19.4. The van der Waals surface area contributed by atoms with Crippen LogP contribution in [0.25, 0.3) is 11.0 Å². The molecule has 0 amide bonds. The number of amidine groups is 1. The largest absolute Gasteiger partial charge is 0.459 e. The highest BCUT2D eigenvalue weighted by Crippen LogP contribution is 2.33. The Hall–Kier alpha value is -3.46. The SMILES string of the molecule is Cc1ccc(C2=NCCN2C(c2cc(=O)c3ccc(C#N)cc3o2)C(C)C)cc1F. The predicted molar refractivity (Wildman–Crippen MR) is 114 cm³/mol. The summed E-state index contributed by atoms with van der Waals surface area (Å²) in [5, 5.41) is 9.62. The van der Waals surface area contributed by atoms with Crippen LogP contribution < -0.4 is 5.43 Å². The molecule has 0 spiro atoms. The van der Waals surface area contributed by atoms with Crippen LogP contribution in [-0.4, -0.2) is 23.8 Å². The molecule has 2 heterocycles. The van der Waals surface area contributed by atoms with Gasteiger partial charge in [-0.2, -0.15) is 5.26 Å². The Morgan fingerprint density at radius 1 is 1.20 bits per heavy atom. The molecule has 3 aromatic rings. The van der Waals surface area contributed by atoms with E-state index in [0.717, 1.165) is 0 Å². The first-order valence-corrected chi connectivity index (χ1v) is 9.94. The van der Waals surface area contributed by atoms with E-state index in [4.69, 9.17) is 4.42 Å². The molecule has 1 aliphatic heterocycles. The minimum atomic E-state index is -0.274. The second-order valence-electron chi connectivity index (χ2n) is 7.89. The third-order valence-corrected chi connectivity index (χ3v) is 5.44. The van der Waals surface area contributed by atoms with E-state index in [-0.39, 0.29) is 23.2 Å². The Morgan fingerprint density at radius 2 is 2.00 bits per heavy atom. The van der Waals surface area contributed by atoms with Crippen LogP contribution in [0.2, 0.25) is 0 Å². The number of fused-ring (bicyclic) bond motifs is 1. The van der Waals surface area contributed by atoms with Crippen LogP contribution in [-0.2, 0) is 0 Å². The normalized spacial score (nSPS) is 14.8. The molecule has 1 aliphatic rings. The van der Waals surface area contributed by atoms with Crippen LogP contribution in [0.15, 0.2) is 56.7 Å². The van der Waals surface area contributed by atoms with Gasteiger partial charge in [0.15, 0.2) is 5.43 Å². The number of benzene rings is 2. The van der Waals surface area contributed by atoms with Gasteiger partial charge in [-0.1, -0.05) is 26.0 Å². The van der Waals surface area contributed by atoms with Gasteiger partial charge in [0.25, 0.3) is 0 Å². The third kappa shape index (κ3) is 3.48. The molecular weight excluding hydrogens is 381 g/mol. The summed E-state index contributed by atoms with van der Waals surface area (Å²) in [6.45, 7) is 7.06. The summed E-state index contributed by atoms with van der Waals surface area (Å²) in [5.41, 5.74) is 1.96. The zero-order valence-corrected chi connectivity index (χ0v) is 17.1. The van der Waals surface area contributed by atoms with Crippen molar-refractivity contribution in [1.29, 1.82) is 5.26 Å². The molecule has 4 rings (SSSR count). The first-order chi connectivity index (χ1) is 14.4. The smallest absolute Gasteiger partial charge is 0.193 e. The maximum absolute atomic E-state index is 14.2. The predicted octanol–water partition coefficient (Wildman–Crippen LogP) is 4.57. The average molecular weight is 403 g/mol. The molecule has 30 heavy (non-hydrogen) atoms. The lowest BCUT2D eigenvalue weighted by Gasteiger charge is -2.33. The van der Waals surface area contributed by atoms with Crippen LogP contribution in [0.5, 0.6) is 0 Å². The lowest BCUT2D eigenvalue weighted by molar-refractivity contribution is 0.234. The Morgan fingerprint density at radius 3 is 2.70 bits per heavy atom. The van der Waals surface area contributed by atoms with E-state index >= 15 is 0 Å². The van der Waals surface area contributed by atoms with Crippen molar-refractivity contribution >= 4 is 16.8 Å². The summed E-state index contributed by atoms with van der Waals surface area (Å²) < 4.78 is 20.3. The Balaban J connectivity index is 1.81. The molecule has 152 valence electrons. The monoisotopic (exact) mass is 403 g/mol. The second kappa shape index (κ2) is 7.75. The van der Waals surface area contributed by atoms with E-state index in [0.29, 0.717) is 52.3 Å². The van der Waals surface area contributed by atoms with Gasteiger partial charge < -0.3 is 9.32 Å². The molecule has 0 fully saturated rings. The van der Waals surface area contributed by atoms with Crippen LogP contribution >= 0.6 is 0 Å². The number of halogens is 1. The molecule has 1 atom stereocenters. The molecule has 2 aromatic carbocycles. The van der Waals surface area contributed by atoms with E-state index in [2.05, 4.69) is 16.0 Å². The van der Waals surface area contributed by atoms with Crippen LogP contribution in [0.1, 0.15) is 42.3 Å². The number of aryl methyl sites for hydroxylation is 1. The number of nitrogens with zero attached hydrogens (tertiary/aromatic N) is 3. The number of nitriles is 1. The number of hydrogen-bond acceptors (Lipinski definition) is 5. The molecule has 0 radical (unpaired) electrons. The molecule has 6 heteroatoms. The molecule has 5 nitrogen and oxygen atoms in total. The molecule has 0 saturated carbocycles. The zero-order valence-electron chi connectivity index (χ0n) is 17.1. The summed E-state index contributed by atoms with van der Waals surface area (Å²) in [6, 6.07) is 13.3. The van der Waals surface area contributed by atoms with Gasteiger partial charge in [0.1, 0.15) is 23.0 Å². The highest BCUT2D eigenvalue weighted by molar-refractivity contribution is 6.00. The maximum Gasteiger partial charge on any atom is 0.193 e. The van der Waals surface area contributed by atoms with Crippen LogP contribution in [0.3, 0.4) is 0 Å². The van der Waals surface area contributed by atoms with Crippen molar-refractivity contribution < 1.29 is 8.81 Å². The fraction of sp³-hybridized carbons (Fsp3) is 0.292. The standard InChI is InChI=1S/C24H22FN3O2/c1-14(2)23(22-12-20(29)18-7-5-16(13-26)10-21(18)30-22)28-9-8-27-24(28)17-6-4-15(3)19(25)11-17/h4-7,10-12,14,23H,8-9H2,1-3H3. The van der Waals surface area contributed by atoms with Crippen molar-refractivity contribution in [3.63, 3.8) is 0 Å². The van der Waals surface area contributed by atoms with Crippen molar-refractivity contribution in [2.45, 2.75) is 26.8 Å². The zero-order chi connectivity index (χ0) is 21.4. The van der Waals surface area contributed by atoms with Crippen molar-refractivity contribution in [2.24, 2.45) is 10.9 Å². The lowest BCUT2D eigenvalue weighted by Crippen LogP contribution is -2.36. The molecular formula is C24H22FN3O2. The summed E-state index contributed by atoms with van der Waals surface area (Å²) in [7, 11) is 0. The maximum atomic E-state index is 14.2. The third-order valence-electron chi connectivity index (χ3n) is 5.44. The van der Waals surface area contributed by atoms with Crippen molar-refractivity contribution in [1.82, 2.24) is 4.90 Å². The van der Waals surface area contributed by atoms with Gasteiger partial charge in [0.2, 0.25) is 0 Å². The van der Waals surface area contributed by atoms with Gasteiger partial charge in [0.05, 0.1) is 29.6 Å². The van der Waals surface area contributed by atoms with E-state index in [1.54, 1.807) is 31.2 Å². The number of aliphatic imine (C=N–C) groups is 1. The van der Waals surface area contributed by atoms with Crippen molar-refractivity contribution in [3.05, 3.63) is 81.0 Å². The molecule has 0 bridgehead atoms. The first-order valence-electron chi connectivity index (χ1n) is 9.94. The molecule has 1 aromatic heterocycles. The summed E-state index contributed by atoms with van der Waals surface area (Å²) in [6.07, 6.45) is 0. The highest BCUT2D eigenvalue weighted by atomic mass is 19.1. The van der Waals surface area contributed by atoms with Crippen LogP contribution in [0.4, 0.5) is 4.39 Å². The Kier molecular flexibility index (Phi) is 5.13. The summed E-state index contributed by atoms with van der Waals surface area (Å²) in [5.74, 6) is 1.04. The fourth-order valence-electron chi connectivity index (χ4n) is 3.95. The van der Waals surface area contributed by atoms with Gasteiger partial charge in [-0.05, 0) is 42.7 Å². The van der Waals surface area contributed by atoms with Crippen LogP contribution in [0, 0.1) is 30.0 Å². The van der Waals surface area contributed by atoms with Gasteiger partial charge in [0, 0.05) is 18.2 Å². The van der Waals surface area contributed by atoms with Crippen molar-refractivity contribution in [2.75, 3.05) is 13.1 Å². The summed E-state index contributed by atoms with van der Waals surface area (Å²) >= 11 is 0. The van der Waals surface area contributed by atoms with Crippen molar-refractivity contribution in [3.8, 4) is 6.07 Å². The first kappa shape index (κ1) is 19.8.